The van der Waals surface area contributed by atoms with E-state index in [1.165, 1.54) is 17.4 Å². The third kappa shape index (κ3) is 2.11. The molecule has 0 aliphatic carbocycles. The first kappa shape index (κ1) is 13.5. The lowest BCUT2D eigenvalue weighted by Crippen LogP contribution is -2.52. The van der Waals surface area contributed by atoms with Crippen molar-refractivity contribution >= 4 is 27.3 Å². The zero-order chi connectivity index (χ0) is 14.3. The number of piperazine rings is 1. The minimum Gasteiger partial charge on any atom is -0.333 e. The Bertz CT molecular complexity index is 667. The number of benzene rings is 1. The number of thiophene rings is 1. The van der Waals surface area contributed by atoms with Crippen LogP contribution in [0.25, 0.3) is 10.1 Å². The highest BCUT2D eigenvalue weighted by atomic mass is 32.1. The minimum absolute atomic E-state index is 0.0251. The molecule has 2 aromatic rings. The van der Waals surface area contributed by atoms with Gasteiger partial charge in [0.05, 0.1) is 4.88 Å². The van der Waals surface area contributed by atoms with Crippen molar-refractivity contribution in [1.29, 1.82) is 0 Å². The molecule has 0 saturated carbocycles. The molecule has 1 N–H and O–H groups in total. The van der Waals surface area contributed by atoms with Gasteiger partial charge in [-0.3, -0.25) is 4.79 Å². The molecule has 3 nitrogen and oxygen atoms in total. The van der Waals surface area contributed by atoms with E-state index in [1.807, 2.05) is 24.8 Å². The highest BCUT2D eigenvalue weighted by molar-refractivity contribution is 7.21. The zero-order valence-corrected chi connectivity index (χ0v) is 12.4. The monoisotopic (exact) mass is 292 g/mol. The molecule has 1 amide bonds. The second kappa shape index (κ2) is 5.14. The largest absolute Gasteiger partial charge is 0.333 e. The smallest absolute Gasteiger partial charge is 0.264 e. The fraction of sp³-hybridized carbons (Fsp3) is 0.400. The highest BCUT2D eigenvalue weighted by Crippen LogP contribution is 2.33. The first-order valence-corrected chi connectivity index (χ1v) is 7.60. The first-order chi connectivity index (χ1) is 9.59. The van der Waals surface area contributed by atoms with Gasteiger partial charge in [0, 0.05) is 35.8 Å². The normalized spacial score (nSPS) is 19.6. The van der Waals surface area contributed by atoms with E-state index in [0.29, 0.717) is 16.8 Å². The molecule has 1 aromatic carbocycles. The van der Waals surface area contributed by atoms with E-state index in [-0.39, 0.29) is 17.8 Å². The number of halogens is 1. The van der Waals surface area contributed by atoms with Crippen LogP contribution in [0, 0.1) is 12.7 Å². The Hall–Kier alpha value is -1.46. The summed E-state index contributed by atoms with van der Waals surface area (Å²) in [5, 5.41) is 3.86. The molecule has 0 spiro atoms. The third-order valence-electron chi connectivity index (χ3n) is 3.86. The third-order valence-corrected chi connectivity index (χ3v) is 5.10. The Morgan fingerprint density at radius 1 is 1.50 bits per heavy atom. The predicted molar refractivity (Wildman–Crippen MR) is 79.9 cm³/mol. The lowest BCUT2D eigenvalue weighted by atomic mass is 10.1. The summed E-state index contributed by atoms with van der Waals surface area (Å²) in [7, 11) is 0. The molecule has 0 unspecified atom stereocenters. The number of hydrogen-bond acceptors (Lipinski definition) is 3. The number of fused-ring (bicyclic) bond motifs is 1. The van der Waals surface area contributed by atoms with E-state index in [9.17, 15) is 9.18 Å². The number of hydrogen-bond donors (Lipinski definition) is 1. The standard InChI is InChI=1S/C15H17FN2OS/c1-9-8-17-6-7-18(9)15(19)14-10(2)13-11(16)4-3-5-12(13)20-14/h3-5,9,17H,6-8H2,1-2H3/t9-/m1/s1. The Labute approximate surface area is 121 Å². The second-order valence-corrected chi connectivity index (χ2v) is 6.27. The van der Waals surface area contributed by atoms with Crippen LogP contribution in [0.5, 0.6) is 0 Å². The van der Waals surface area contributed by atoms with Gasteiger partial charge in [0.25, 0.3) is 5.91 Å². The van der Waals surface area contributed by atoms with Gasteiger partial charge in [-0.1, -0.05) is 6.07 Å². The van der Waals surface area contributed by atoms with Gasteiger partial charge in [-0.2, -0.15) is 0 Å². The summed E-state index contributed by atoms with van der Waals surface area (Å²) in [5.41, 5.74) is 0.763. The maximum absolute atomic E-state index is 13.9. The summed E-state index contributed by atoms with van der Waals surface area (Å²) in [5.74, 6) is -0.222. The van der Waals surface area contributed by atoms with Gasteiger partial charge in [-0.25, -0.2) is 4.39 Å². The molecular weight excluding hydrogens is 275 g/mol. The van der Waals surface area contributed by atoms with Gasteiger partial charge in [0.15, 0.2) is 0 Å². The molecule has 1 aliphatic heterocycles. The summed E-state index contributed by atoms with van der Waals surface area (Å²) in [6, 6.07) is 5.18. The quantitative estimate of drug-likeness (QED) is 0.876. The van der Waals surface area contributed by atoms with Crippen molar-refractivity contribution in [2.45, 2.75) is 19.9 Å². The molecule has 1 fully saturated rings. The van der Waals surface area contributed by atoms with Crippen LogP contribution < -0.4 is 5.32 Å². The van der Waals surface area contributed by atoms with Crippen LogP contribution in [-0.2, 0) is 0 Å². The Morgan fingerprint density at radius 3 is 3.00 bits per heavy atom. The summed E-state index contributed by atoms with van der Waals surface area (Å²) >= 11 is 1.39. The van der Waals surface area contributed by atoms with Gasteiger partial charge < -0.3 is 10.2 Å². The van der Waals surface area contributed by atoms with Gasteiger partial charge in [0.2, 0.25) is 0 Å². The van der Waals surface area contributed by atoms with Crippen LogP contribution in [0.2, 0.25) is 0 Å². The topological polar surface area (TPSA) is 32.3 Å². The molecule has 1 aromatic heterocycles. The lowest BCUT2D eigenvalue weighted by Gasteiger charge is -2.33. The average molecular weight is 292 g/mol. The Balaban J connectivity index is 2.03. The zero-order valence-electron chi connectivity index (χ0n) is 11.6. The summed E-state index contributed by atoms with van der Waals surface area (Å²) < 4.78 is 14.8. The fourth-order valence-electron chi connectivity index (χ4n) is 2.73. The average Bonchev–Trinajstić information content (AvgIpc) is 2.77. The maximum atomic E-state index is 13.9. The number of nitrogens with one attached hydrogen (secondary N) is 1. The van der Waals surface area contributed by atoms with Crippen LogP contribution in [0.3, 0.4) is 0 Å². The van der Waals surface area contributed by atoms with Crippen molar-refractivity contribution in [2.75, 3.05) is 19.6 Å². The molecule has 5 heteroatoms. The van der Waals surface area contributed by atoms with Crippen LogP contribution in [0.4, 0.5) is 4.39 Å². The molecular formula is C15H17FN2OS. The molecule has 0 bridgehead atoms. The molecule has 1 saturated heterocycles. The van der Waals surface area contributed by atoms with Gasteiger partial charge in [0.1, 0.15) is 5.82 Å². The molecule has 1 atom stereocenters. The van der Waals surface area contributed by atoms with E-state index in [0.717, 1.165) is 23.4 Å². The van der Waals surface area contributed by atoms with E-state index in [2.05, 4.69) is 5.32 Å². The Kier molecular flexibility index (Phi) is 3.48. The number of carbonyl (C=O) groups excluding carboxylic acids is 1. The second-order valence-electron chi connectivity index (χ2n) is 5.22. The number of rotatable bonds is 1. The van der Waals surface area contributed by atoms with Gasteiger partial charge in [-0.15, -0.1) is 11.3 Å². The van der Waals surface area contributed by atoms with E-state index < -0.39 is 0 Å². The minimum atomic E-state index is -0.247. The molecule has 106 valence electrons. The van der Waals surface area contributed by atoms with Crippen molar-refractivity contribution in [2.24, 2.45) is 0 Å². The van der Waals surface area contributed by atoms with E-state index in [1.54, 1.807) is 6.07 Å². The SMILES string of the molecule is Cc1c(C(=O)N2CCNC[C@H]2C)sc2cccc(F)c12. The number of aryl methyl sites for hydroxylation is 1. The number of nitrogens with zero attached hydrogens (tertiary/aromatic N) is 1. The van der Waals surface area contributed by atoms with Crippen molar-refractivity contribution < 1.29 is 9.18 Å². The Morgan fingerprint density at radius 2 is 2.30 bits per heavy atom. The number of amides is 1. The maximum Gasteiger partial charge on any atom is 0.264 e. The van der Waals surface area contributed by atoms with Gasteiger partial charge in [-0.05, 0) is 31.5 Å². The number of carbonyl (C=O) groups is 1. The fourth-order valence-corrected chi connectivity index (χ4v) is 3.91. The van der Waals surface area contributed by atoms with Crippen molar-refractivity contribution in [3.63, 3.8) is 0 Å². The first-order valence-electron chi connectivity index (χ1n) is 6.79. The van der Waals surface area contributed by atoms with Crippen LogP contribution in [-0.4, -0.2) is 36.5 Å². The van der Waals surface area contributed by atoms with Crippen LogP contribution in [0.15, 0.2) is 18.2 Å². The highest BCUT2D eigenvalue weighted by Gasteiger charge is 2.27. The van der Waals surface area contributed by atoms with E-state index in [4.69, 9.17) is 0 Å². The van der Waals surface area contributed by atoms with Crippen molar-refractivity contribution in [3.05, 3.63) is 34.5 Å². The van der Waals surface area contributed by atoms with Crippen molar-refractivity contribution in [1.82, 2.24) is 10.2 Å². The van der Waals surface area contributed by atoms with Crippen LogP contribution >= 0.6 is 11.3 Å². The molecule has 2 heterocycles. The summed E-state index contributed by atoms with van der Waals surface area (Å²) in [6.45, 7) is 6.20. The molecule has 1 aliphatic rings. The molecule has 0 radical (unpaired) electrons. The van der Waals surface area contributed by atoms with Crippen molar-refractivity contribution in [3.8, 4) is 0 Å². The predicted octanol–water partition coefficient (Wildman–Crippen LogP) is 2.78. The molecule has 20 heavy (non-hydrogen) atoms. The summed E-state index contributed by atoms with van der Waals surface area (Å²) in [4.78, 5) is 15.2. The lowest BCUT2D eigenvalue weighted by molar-refractivity contribution is 0.0660. The summed E-state index contributed by atoms with van der Waals surface area (Å²) in [6.07, 6.45) is 0. The van der Waals surface area contributed by atoms with E-state index >= 15 is 0 Å². The van der Waals surface area contributed by atoms with Crippen LogP contribution in [0.1, 0.15) is 22.2 Å². The molecule has 3 rings (SSSR count). The van der Waals surface area contributed by atoms with Gasteiger partial charge >= 0.3 is 0 Å².